The summed E-state index contributed by atoms with van der Waals surface area (Å²) in [4.78, 5) is 12.6. The number of anilines is 1. The average molecular weight is 301 g/mol. The summed E-state index contributed by atoms with van der Waals surface area (Å²) in [6.07, 6.45) is 1.51. The number of thiocarbonyl (C=S) groups is 1. The second-order valence-corrected chi connectivity index (χ2v) is 5.21. The van der Waals surface area contributed by atoms with E-state index in [2.05, 4.69) is 10.4 Å². The summed E-state index contributed by atoms with van der Waals surface area (Å²) in [7, 11) is 1.69. The molecule has 0 aliphatic carbocycles. The van der Waals surface area contributed by atoms with Gasteiger partial charge in [0.05, 0.1) is 16.8 Å². The molecular weight excluding hydrogens is 292 g/mol. The van der Waals surface area contributed by atoms with Gasteiger partial charge in [0.25, 0.3) is 5.91 Å². The minimum absolute atomic E-state index is 0.177. The minimum atomic E-state index is -0.309. The number of halogens is 1. The molecule has 94 valence electrons. The Kier molecular flexibility index (Phi) is 3.65. The van der Waals surface area contributed by atoms with E-state index in [1.165, 1.54) is 22.2 Å². The number of hydrogen-bond donors (Lipinski definition) is 2. The smallest absolute Gasteiger partial charge is 0.268 e. The number of amides is 1. The van der Waals surface area contributed by atoms with Gasteiger partial charge in [-0.3, -0.25) is 9.48 Å². The first-order chi connectivity index (χ1) is 8.50. The molecule has 0 spiro atoms. The Morgan fingerprint density at radius 3 is 2.94 bits per heavy atom. The van der Waals surface area contributed by atoms with Crippen molar-refractivity contribution in [1.82, 2.24) is 9.78 Å². The van der Waals surface area contributed by atoms with Gasteiger partial charge in [0.2, 0.25) is 0 Å². The second-order valence-electron chi connectivity index (χ2n) is 3.45. The van der Waals surface area contributed by atoms with Crippen molar-refractivity contribution in [2.75, 3.05) is 5.32 Å². The number of thiophene rings is 1. The molecule has 0 saturated heterocycles. The number of rotatable bonds is 3. The number of carbonyl (C=O) groups is 1. The molecule has 0 unspecified atom stereocenters. The fourth-order valence-corrected chi connectivity index (χ4v) is 2.57. The summed E-state index contributed by atoms with van der Waals surface area (Å²) >= 11 is 12.0. The van der Waals surface area contributed by atoms with Crippen LogP contribution in [0.1, 0.15) is 15.2 Å². The molecule has 2 rings (SSSR count). The van der Waals surface area contributed by atoms with E-state index in [-0.39, 0.29) is 10.9 Å². The van der Waals surface area contributed by atoms with Gasteiger partial charge in [-0.25, -0.2) is 0 Å². The summed E-state index contributed by atoms with van der Waals surface area (Å²) in [5.74, 6) is 0.146. The molecule has 2 aromatic rings. The molecule has 0 aliphatic heterocycles. The highest BCUT2D eigenvalue weighted by Gasteiger charge is 2.17. The highest BCUT2D eigenvalue weighted by molar-refractivity contribution is 7.80. The molecule has 0 aliphatic rings. The lowest BCUT2D eigenvalue weighted by Crippen LogP contribution is -2.18. The van der Waals surface area contributed by atoms with E-state index in [0.29, 0.717) is 21.3 Å². The molecule has 0 bridgehead atoms. The van der Waals surface area contributed by atoms with Crippen LogP contribution < -0.4 is 11.1 Å². The number of carbonyl (C=O) groups excluding carboxylic acids is 1. The van der Waals surface area contributed by atoms with Crippen molar-refractivity contribution < 1.29 is 4.79 Å². The molecule has 18 heavy (non-hydrogen) atoms. The fraction of sp³-hybridized carbons (Fsp3) is 0.100. The van der Waals surface area contributed by atoms with Gasteiger partial charge >= 0.3 is 0 Å². The first kappa shape index (κ1) is 13.0. The standard InChI is InChI=1S/C10H9ClN4OS2/c1-15-9(5(4-13-15)8(12)17)14-10(16)7-6(11)2-3-18-7/h2-4H,1H3,(H2,12,17)(H,14,16). The van der Waals surface area contributed by atoms with Gasteiger partial charge in [0, 0.05) is 7.05 Å². The van der Waals surface area contributed by atoms with Crippen molar-refractivity contribution in [3.05, 3.63) is 33.1 Å². The Hall–Kier alpha value is -1.44. The lowest BCUT2D eigenvalue weighted by atomic mass is 10.3. The quantitative estimate of drug-likeness (QED) is 0.851. The lowest BCUT2D eigenvalue weighted by Gasteiger charge is -2.06. The minimum Gasteiger partial charge on any atom is -0.389 e. The number of nitrogens with two attached hydrogens (primary N) is 1. The third-order valence-electron chi connectivity index (χ3n) is 2.26. The van der Waals surface area contributed by atoms with Gasteiger partial charge in [-0.05, 0) is 11.4 Å². The third kappa shape index (κ3) is 2.38. The topological polar surface area (TPSA) is 72.9 Å². The summed E-state index contributed by atoms with van der Waals surface area (Å²) in [5.41, 5.74) is 6.08. The van der Waals surface area contributed by atoms with Crippen LogP contribution in [-0.2, 0) is 7.05 Å². The molecule has 8 heteroatoms. The third-order valence-corrected chi connectivity index (χ3v) is 3.82. The molecule has 2 heterocycles. The number of nitrogens with one attached hydrogen (secondary N) is 1. The van der Waals surface area contributed by atoms with E-state index in [4.69, 9.17) is 29.6 Å². The first-order valence-electron chi connectivity index (χ1n) is 4.87. The van der Waals surface area contributed by atoms with Crippen LogP contribution >= 0.6 is 35.2 Å². The molecule has 0 aromatic carbocycles. The normalized spacial score (nSPS) is 10.3. The van der Waals surface area contributed by atoms with E-state index < -0.39 is 0 Å². The van der Waals surface area contributed by atoms with Crippen molar-refractivity contribution in [2.24, 2.45) is 12.8 Å². The summed E-state index contributed by atoms with van der Waals surface area (Å²) in [5, 5.41) is 8.86. The van der Waals surface area contributed by atoms with Gasteiger partial charge in [0.15, 0.2) is 0 Å². The van der Waals surface area contributed by atoms with Crippen LogP contribution in [0.2, 0.25) is 5.02 Å². The molecular formula is C10H9ClN4OS2. The predicted octanol–water partition coefficient (Wildman–Crippen LogP) is 2.02. The van der Waals surface area contributed by atoms with Crippen LogP contribution in [0.5, 0.6) is 0 Å². The van der Waals surface area contributed by atoms with Gasteiger partial charge in [0.1, 0.15) is 15.7 Å². The number of nitrogens with zero attached hydrogens (tertiary/aromatic N) is 2. The van der Waals surface area contributed by atoms with Crippen LogP contribution in [0.4, 0.5) is 5.82 Å². The summed E-state index contributed by atoms with van der Waals surface area (Å²) in [6.45, 7) is 0. The van der Waals surface area contributed by atoms with E-state index in [1.54, 1.807) is 18.5 Å². The zero-order valence-electron chi connectivity index (χ0n) is 9.31. The maximum absolute atomic E-state index is 12.0. The molecule has 5 nitrogen and oxygen atoms in total. The van der Waals surface area contributed by atoms with Crippen molar-refractivity contribution in [3.8, 4) is 0 Å². The first-order valence-corrected chi connectivity index (χ1v) is 6.53. The Morgan fingerprint density at radius 2 is 2.39 bits per heavy atom. The van der Waals surface area contributed by atoms with Crippen molar-refractivity contribution >= 4 is 51.9 Å². The highest BCUT2D eigenvalue weighted by atomic mass is 35.5. The van der Waals surface area contributed by atoms with Crippen LogP contribution in [0.25, 0.3) is 0 Å². The van der Waals surface area contributed by atoms with Gasteiger partial charge in [-0.15, -0.1) is 11.3 Å². The van der Waals surface area contributed by atoms with E-state index in [0.717, 1.165) is 0 Å². The zero-order valence-corrected chi connectivity index (χ0v) is 11.7. The van der Waals surface area contributed by atoms with Crippen LogP contribution in [0.15, 0.2) is 17.6 Å². The van der Waals surface area contributed by atoms with Crippen LogP contribution in [0, 0.1) is 0 Å². The Morgan fingerprint density at radius 1 is 1.67 bits per heavy atom. The van der Waals surface area contributed by atoms with Crippen molar-refractivity contribution in [2.45, 2.75) is 0 Å². The predicted molar refractivity (Wildman–Crippen MR) is 76.4 cm³/mol. The molecule has 0 fully saturated rings. The maximum Gasteiger partial charge on any atom is 0.268 e. The molecule has 2 aromatic heterocycles. The summed E-state index contributed by atoms with van der Waals surface area (Å²) < 4.78 is 1.49. The monoisotopic (exact) mass is 300 g/mol. The zero-order chi connectivity index (χ0) is 13.3. The van der Waals surface area contributed by atoms with Crippen LogP contribution in [-0.4, -0.2) is 20.7 Å². The Labute approximate surface area is 118 Å². The summed E-state index contributed by atoms with van der Waals surface area (Å²) in [6, 6.07) is 1.67. The number of aromatic nitrogens is 2. The Bertz CT molecular complexity index is 619. The van der Waals surface area contributed by atoms with E-state index in [9.17, 15) is 4.79 Å². The molecule has 0 saturated carbocycles. The number of hydrogen-bond acceptors (Lipinski definition) is 4. The molecule has 0 radical (unpaired) electrons. The second kappa shape index (κ2) is 5.05. The SMILES string of the molecule is Cn1ncc(C(N)=S)c1NC(=O)c1sccc1Cl. The number of aryl methyl sites for hydroxylation is 1. The van der Waals surface area contributed by atoms with Crippen LogP contribution in [0.3, 0.4) is 0 Å². The van der Waals surface area contributed by atoms with Crippen molar-refractivity contribution in [1.29, 1.82) is 0 Å². The average Bonchev–Trinajstić information content (AvgIpc) is 2.86. The lowest BCUT2D eigenvalue weighted by molar-refractivity contribution is 0.102. The van der Waals surface area contributed by atoms with Gasteiger partial charge in [-0.1, -0.05) is 23.8 Å². The van der Waals surface area contributed by atoms with Gasteiger partial charge in [-0.2, -0.15) is 5.10 Å². The largest absolute Gasteiger partial charge is 0.389 e. The van der Waals surface area contributed by atoms with Crippen molar-refractivity contribution in [3.63, 3.8) is 0 Å². The van der Waals surface area contributed by atoms with E-state index in [1.807, 2.05) is 0 Å². The Balaban J connectivity index is 2.30. The maximum atomic E-state index is 12.0. The fourth-order valence-electron chi connectivity index (χ4n) is 1.39. The van der Waals surface area contributed by atoms with Gasteiger partial charge < -0.3 is 11.1 Å². The molecule has 3 N–H and O–H groups in total. The molecule has 0 atom stereocenters. The molecule has 1 amide bonds. The van der Waals surface area contributed by atoms with E-state index >= 15 is 0 Å². The highest BCUT2D eigenvalue weighted by Crippen LogP contribution is 2.24.